The molecule has 0 atom stereocenters. The molecule has 0 bridgehead atoms. The summed E-state index contributed by atoms with van der Waals surface area (Å²) in [7, 11) is 0. The van der Waals surface area contributed by atoms with Crippen LogP contribution in [0.5, 0.6) is 0 Å². The number of nitrogens with one attached hydrogen (secondary N) is 1. The maximum absolute atomic E-state index is 12.3. The van der Waals surface area contributed by atoms with E-state index in [0.717, 1.165) is 24.8 Å². The van der Waals surface area contributed by atoms with Crippen LogP contribution in [0, 0.1) is 6.92 Å². The van der Waals surface area contributed by atoms with Crippen LogP contribution in [0.3, 0.4) is 0 Å². The highest BCUT2D eigenvalue weighted by Crippen LogP contribution is 2.25. The fourth-order valence-electron chi connectivity index (χ4n) is 2.34. The molecule has 0 spiro atoms. The normalized spacial score (nSPS) is 14.4. The van der Waals surface area contributed by atoms with Gasteiger partial charge in [0.2, 0.25) is 0 Å². The number of aryl methyl sites for hydroxylation is 1. The van der Waals surface area contributed by atoms with Crippen LogP contribution < -0.4 is 5.32 Å². The Morgan fingerprint density at radius 3 is 2.48 bits per heavy atom. The van der Waals surface area contributed by atoms with E-state index in [2.05, 4.69) is 5.32 Å². The first-order chi connectivity index (χ1) is 10.1. The van der Waals surface area contributed by atoms with Crippen LogP contribution in [0.15, 0.2) is 24.3 Å². The highest BCUT2D eigenvalue weighted by atomic mass is 16.3. The van der Waals surface area contributed by atoms with Gasteiger partial charge in [0.1, 0.15) is 0 Å². The van der Waals surface area contributed by atoms with Crippen LogP contribution >= 0.6 is 0 Å². The molecule has 1 aliphatic rings. The number of aliphatic hydroxyl groups excluding tert-OH is 1. The van der Waals surface area contributed by atoms with Gasteiger partial charge in [0.15, 0.2) is 0 Å². The zero-order valence-corrected chi connectivity index (χ0v) is 12.3. The number of aliphatic hydroxyl groups is 1. The predicted molar refractivity (Wildman–Crippen MR) is 80.9 cm³/mol. The van der Waals surface area contributed by atoms with E-state index in [1.165, 1.54) is 0 Å². The summed E-state index contributed by atoms with van der Waals surface area (Å²) < 4.78 is 0. The summed E-state index contributed by atoms with van der Waals surface area (Å²) in [5.74, 6) is -1.11. The third kappa shape index (κ3) is 4.04. The van der Waals surface area contributed by atoms with E-state index < -0.39 is 11.8 Å². The number of carbonyl (C=O) groups excluding carboxylic acids is 2. The maximum Gasteiger partial charge on any atom is 0.313 e. The SMILES string of the molecule is Cc1ccc(NC(=O)C(=O)N(CCCO)C2CCC2)cc1. The Morgan fingerprint density at radius 1 is 1.29 bits per heavy atom. The van der Waals surface area contributed by atoms with Gasteiger partial charge in [-0.3, -0.25) is 9.59 Å². The van der Waals surface area contributed by atoms with Crippen molar-refractivity contribution in [1.82, 2.24) is 4.90 Å². The highest BCUT2D eigenvalue weighted by molar-refractivity contribution is 6.39. The minimum absolute atomic E-state index is 0.0239. The Bertz CT molecular complexity index is 495. The van der Waals surface area contributed by atoms with Crippen molar-refractivity contribution in [2.75, 3.05) is 18.5 Å². The molecular formula is C16H22N2O3. The van der Waals surface area contributed by atoms with Crippen molar-refractivity contribution in [3.05, 3.63) is 29.8 Å². The molecule has 1 aromatic carbocycles. The standard InChI is InChI=1S/C16H22N2O3/c1-12-6-8-13(9-7-12)17-15(20)16(21)18(10-3-11-19)14-4-2-5-14/h6-9,14,19H,2-5,10-11H2,1H3,(H,17,20). The van der Waals surface area contributed by atoms with Crippen molar-refractivity contribution in [2.45, 2.75) is 38.6 Å². The molecule has 2 N–H and O–H groups in total. The van der Waals surface area contributed by atoms with Gasteiger partial charge in [0.25, 0.3) is 0 Å². The lowest BCUT2D eigenvalue weighted by Crippen LogP contribution is -2.49. The zero-order valence-electron chi connectivity index (χ0n) is 12.3. The minimum Gasteiger partial charge on any atom is -0.396 e. The summed E-state index contributed by atoms with van der Waals surface area (Å²) in [6.07, 6.45) is 3.47. The molecule has 0 radical (unpaired) electrons. The molecular weight excluding hydrogens is 268 g/mol. The molecule has 21 heavy (non-hydrogen) atoms. The average Bonchev–Trinajstić information content (AvgIpc) is 2.43. The number of carbonyl (C=O) groups is 2. The monoisotopic (exact) mass is 290 g/mol. The smallest absolute Gasteiger partial charge is 0.313 e. The Morgan fingerprint density at radius 2 is 1.95 bits per heavy atom. The first kappa shape index (κ1) is 15.5. The molecule has 0 aliphatic heterocycles. The second-order valence-corrected chi connectivity index (χ2v) is 5.48. The predicted octanol–water partition coefficient (Wildman–Crippen LogP) is 1.70. The molecule has 1 fully saturated rings. The van der Waals surface area contributed by atoms with Gasteiger partial charge in [-0.25, -0.2) is 0 Å². The van der Waals surface area contributed by atoms with Gasteiger partial charge in [-0.2, -0.15) is 0 Å². The van der Waals surface area contributed by atoms with Gasteiger partial charge in [-0.1, -0.05) is 17.7 Å². The molecule has 1 aliphatic carbocycles. The summed E-state index contributed by atoms with van der Waals surface area (Å²) in [6.45, 7) is 2.42. The summed E-state index contributed by atoms with van der Waals surface area (Å²) in [5.41, 5.74) is 1.72. The second kappa shape index (κ2) is 7.22. The van der Waals surface area contributed by atoms with Crippen LogP contribution in [0.1, 0.15) is 31.2 Å². The van der Waals surface area contributed by atoms with Crippen molar-refractivity contribution < 1.29 is 14.7 Å². The van der Waals surface area contributed by atoms with Crippen LogP contribution in [0.25, 0.3) is 0 Å². The fraction of sp³-hybridized carbons (Fsp3) is 0.500. The second-order valence-electron chi connectivity index (χ2n) is 5.48. The highest BCUT2D eigenvalue weighted by Gasteiger charge is 2.31. The quantitative estimate of drug-likeness (QED) is 0.811. The number of rotatable bonds is 5. The Labute approximate surface area is 125 Å². The Balaban J connectivity index is 1.98. The third-order valence-electron chi connectivity index (χ3n) is 3.84. The van der Waals surface area contributed by atoms with E-state index >= 15 is 0 Å². The van der Waals surface area contributed by atoms with E-state index in [1.807, 2.05) is 19.1 Å². The van der Waals surface area contributed by atoms with E-state index in [4.69, 9.17) is 5.11 Å². The van der Waals surface area contributed by atoms with Gasteiger partial charge < -0.3 is 15.3 Å². The van der Waals surface area contributed by atoms with Gasteiger partial charge in [-0.15, -0.1) is 0 Å². The first-order valence-corrected chi connectivity index (χ1v) is 7.41. The number of benzene rings is 1. The number of nitrogens with zero attached hydrogens (tertiary/aromatic N) is 1. The minimum atomic E-state index is -0.608. The van der Waals surface area contributed by atoms with Gasteiger partial charge in [-0.05, 0) is 44.7 Å². The molecule has 5 heteroatoms. The third-order valence-corrected chi connectivity index (χ3v) is 3.84. The largest absolute Gasteiger partial charge is 0.396 e. The van der Waals surface area contributed by atoms with Crippen molar-refractivity contribution in [3.63, 3.8) is 0 Å². The van der Waals surface area contributed by atoms with Crippen LogP contribution in [0.4, 0.5) is 5.69 Å². The van der Waals surface area contributed by atoms with E-state index in [0.29, 0.717) is 18.7 Å². The van der Waals surface area contributed by atoms with Crippen LogP contribution in [0.2, 0.25) is 0 Å². The lowest BCUT2D eigenvalue weighted by molar-refractivity contribution is -0.146. The number of amides is 2. The molecule has 114 valence electrons. The Hall–Kier alpha value is -1.88. The molecule has 1 aromatic rings. The topological polar surface area (TPSA) is 69.6 Å². The molecule has 0 aromatic heterocycles. The molecule has 5 nitrogen and oxygen atoms in total. The summed E-state index contributed by atoms with van der Waals surface area (Å²) >= 11 is 0. The van der Waals surface area contributed by atoms with Crippen molar-refractivity contribution in [1.29, 1.82) is 0 Å². The van der Waals surface area contributed by atoms with Crippen LogP contribution in [-0.2, 0) is 9.59 Å². The molecule has 0 unspecified atom stereocenters. The number of hydrogen-bond donors (Lipinski definition) is 2. The van der Waals surface area contributed by atoms with E-state index in [9.17, 15) is 9.59 Å². The summed E-state index contributed by atoms with van der Waals surface area (Å²) in [4.78, 5) is 26.0. The lowest BCUT2D eigenvalue weighted by Gasteiger charge is -2.37. The average molecular weight is 290 g/mol. The van der Waals surface area contributed by atoms with Crippen molar-refractivity contribution in [3.8, 4) is 0 Å². The Kier molecular flexibility index (Phi) is 5.33. The molecule has 0 saturated heterocycles. The van der Waals surface area contributed by atoms with Crippen molar-refractivity contribution in [2.24, 2.45) is 0 Å². The van der Waals surface area contributed by atoms with Crippen LogP contribution in [-0.4, -0.2) is 41.0 Å². The van der Waals surface area contributed by atoms with E-state index in [1.54, 1.807) is 17.0 Å². The summed E-state index contributed by atoms with van der Waals surface area (Å²) in [5, 5.41) is 11.6. The zero-order chi connectivity index (χ0) is 15.2. The molecule has 1 saturated carbocycles. The van der Waals surface area contributed by atoms with Gasteiger partial charge in [0.05, 0.1) is 0 Å². The number of hydrogen-bond acceptors (Lipinski definition) is 3. The first-order valence-electron chi connectivity index (χ1n) is 7.41. The molecule has 2 amide bonds. The van der Waals surface area contributed by atoms with Gasteiger partial charge in [0, 0.05) is 24.9 Å². The van der Waals surface area contributed by atoms with E-state index in [-0.39, 0.29) is 12.6 Å². The fourth-order valence-corrected chi connectivity index (χ4v) is 2.34. The lowest BCUT2D eigenvalue weighted by atomic mass is 9.91. The maximum atomic E-state index is 12.3. The summed E-state index contributed by atoms with van der Waals surface area (Å²) in [6, 6.07) is 7.47. The van der Waals surface area contributed by atoms with Gasteiger partial charge >= 0.3 is 11.8 Å². The van der Waals surface area contributed by atoms with Crippen molar-refractivity contribution >= 4 is 17.5 Å². The molecule has 2 rings (SSSR count). The number of anilines is 1. The molecule has 0 heterocycles.